The highest BCUT2D eigenvalue weighted by Crippen LogP contribution is 2.27. The molecule has 160 valence electrons. The zero-order valence-corrected chi connectivity index (χ0v) is 18.9. The summed E-state index contributed by atoms with van der Waals surface area (Å²) in [6.07, 6.45) is 0. The van der Waals surface area contributed by atoms with Crippen molar-refractivity contribution in [2.75, 3.05) is 13.2 Å². The van der Waals surface area contributed by atoms with Gasteiger partial charge in [-0.05, 0) is 54.4 Å². The number of para-hydroxylation sites is 1. The molecule has 0 aliphatic carbocycles. The van der Waals surface area contributed by atoms with Crippen molar-refractivity contribution in [2.45, 2.75) is 46.6 Å². The Morgan fingerprint density at radius 1 is 0.733 bits per heavy atom. The molecular weight excluding hydrogens is 372 g/mol. The van der Waals surface area contributed by atoms with Crippen molar-refractivity contribution < 1.29 is 14.2 Å². The topological polar surface area (TPSA) is 27.7 Å². The number of hydrogen-bond donors (Lipinski definition) is 0. The van der Waals surface area contributed by atoms with E-state index in [-0.39, 0.29) is 5.41 Å². The molecule has 0 unspecified atom stereocenters. The minimum atomic E-state index is -0.0805. The highest BCUT2D eigenvalue weighted by molar-refractivity contribution is 5.34. The molecule has 0 aliphatic rings. The van der Waals surface area contributed by atoms with Crippen LogP contribution in [0, 0.1) is 0 Å². The molecule has 3 rings (SSSR count). The molecule has 0 aromatic heterocycles. The summed E-state index contributed by atoms with van der Waals surface area (Å²) in [7, 11) is 0. The van der Waals surface area contributed by atoms with E-state index >= 15 is 0 Å². The standard InChI is InChI=1S/C25H28O3.C2H6/c1-4-27-22-15-13-21(14-16-22)25(2,3)19-26-18-20-9-8-12-24(17-20)28-23-10-6-5-7-11-23;1-2/h5-17H,4,18-19H2,1-3H3;1-2H3. The van der Waals surface area contributed by atoms with Gasteiger partial charge in [-0.3, -0.25) is 0 Å². The minimum Gasteiger partial charge on any atom is -0.494 e. The van der Waals surface area contributed by atoms with Crippen molar-refractivity contribution in [3.8, 4) is 17.2 Å². The summed E-state index contributed by atoms with van der Waals surface area (Å²) in [5, 5.41) is 0. The van der Waals surface area contributed by atoms with Gasteiger partial charge in [0.25, 0.3) is 0 Å². The fourth-order valence-electron chi connectivity index (χ4n) is 3.00. The lowest BCUT2D eigenvalue weighted by molar-refractivity contribution is 0.0824. The first-order valence-corrected chi connectivity index (χ1v) is 10.7. The predicted molar refractivity (Wildman–Crippen MR) is 125 cm³/mol. The third kappa shape index (κ3) is 7.23. The molecule has 0 saturated heterocycles. The molecule has 3 aromatic rings. The van der Waals surface area contributed by atoms with Crippen molar-refractivity contribution in [1.29, 1.82) is 0 Å². The van der Waals surface area contributed by atoms with Gasteiger partial charge >= 0.3 is 0 Å². The maximum atomic E-state index is 6.04. The molecular formula is C27H34O3. The van der Waals surface area contributed by atoms with Crippen LogP contribution in [0.1, 0.15) is 45.7 Å². The predicted octanol–water partition coefficient (Wildman–Crippen LogP) is 7.40. The molecule has 0 heterocycles. The Morgan fingerprint density at radius 2 is 1.40 bits per heavy atom. The van der Waals surface area contributed by atoms with Crippen molar-refractivity contribution in [1.82, 2.24) is 0 Å². The summed E-state index contributed by atoms with van der Waals surface area (Å²) in [5.41, 5.74) is 2.25. The summed E-state index contributed by atoms with van der Waals surface area (Å²) in [6.45, 7) is 12.2. The van der Waals surface area contributed by atoms with Crippen LogP contribution in [-0.2, 0) is 16.8 Å². The van der Waals surface area contributed by atoms with Gasteiger partial charge in [0.2, 0.25) is 0 Å². The van der Waals surface area contributed by atoms with E-state index in [2.05, 4.69) is 32.0 Å². The molecule has 0 spiro atoms. The van der Waals surface area contributed by atoms with Crippen LogP contribution in [-0.4, -0.2) is 13.2 Å². The number of rotatable bonds is 9. The van der Waals surface area contributed by atoms with Gasteiger partial charge in [-0.2, -0.15) is 0 Å². The van der Waals surface area contributed by atoms with E-state index in [0.29, 0.717) is 19.8 Å². The van der Waals surface area contributed by atoms with E-state index < -0.39 is 0 Å². The molecule has 30 heavy (non-hydrogen) atoms. The largest absolute Gasteiger partial charge is 0.494 e. The van der Waals surface area contributed by atoms with Crippen LogP contribution < -0.4 is 9.47 Å². The molecule has 0 N–H and O–H groups in total. The van der Waals surface area contributed by atoms with Gasteiger partial charge in [0.1, 0.15) is 17.2 Å². The van der Waals surface area contributed by atoms with Crippen molar-refractivity contribution in [2.24, 2.45) is 0 Å². The van der Waals surface area contributed by atoms with Crippen LogP contribution in [0.25, 0.3) is 0 Å². The normalized spacial score (nSPS) is 10.7. The lowest BCUT2D eigenvalue weighted by Crippen LogP contribution is -2.24. The van der Waals surface area contributed by atoms with Crippen LogP contribution in [0.5, 0.6) is 17.2 Å². The maximum Gasteiger partial charge on any atom is 0.127 e. The molecule has 0 saturated carbocycles. The first kappa shape index (κ1) is 23.5. The summed E-state index contributed by atoms with van der Waals surface area (Å²) in [5.74, 6) is 2.55. The first-order valence-electron chi connectivity index (χ1n) is 10.7. The van der Waals surface area contributed by atoms with Crippen molar-refractivity contribution in [3.05, 3.63) is 90.0 Å². The van der Waals surface area contributed by atoms with Crippen LogP contribution in [0.2, 0.25) is 0 Å². The van der Waals surface area contributed by atoms with Crippen LogP contribution in [0.4, 0.5) is 0 Å². The Morgan fingerprint density at radius 3 is 2.07 bits per heavy atom. The average molecular weight is 407 g/mol. The van der Waals surface area contributed by atoms with Gasteiger partial charge in [0.15, 0.2) is 0 Å². The summed E-state index contributed by atoms with van der Waals surface area (Å²) >= 11 is 0. The average Bonchev–Trinajstić information content (AvgIpc) is 2.77. The van der Waals surface area contributed by atoms with Gasteiger partial charge in [-0.1, -0.05) is 70.2 Å². The lowest BCUT2D eigenvalue weighted by atomic mass is 9.85. The fourth-order valence-corrected chi connectivity index (χ4v) is 3.00. The SMILES string of the molecule is CC.CCOc1ccc(C(C)(C)COCc2cccc(Oc3ccccc3)c2)cc1. The second-order valence-electron chi connectivity index (χ2n) is 7.40. The highest BCUT2D eigenvalue weighted by atomic mass is 16.5. The van der Waals surface area contributed by atoms with Gasteiger partial charge in [0, 0.05) is 5.41 Å². The molecule has 0 amide bonds. The molecule has 3 nitrogen and oxygen atoms in total. The first-order chi connectivity index (χ1) is 14.6. The zero-order chi connectivity index (χ0) is 21.8. The Kier molecular flexibility index (Phi) is 9.43. The number of ether oxygens (including phenoxy) is 3. The van der Waals surface area contributed by atoms with Crippen LogP contribution in [0.15, 0.2) is 78.9 Å². The van der Waals surface area contributed by atoms with E-state index in [1.165, 1.54) is 5.56 Å². The van der Waals surface area contributed by atoms with E-state index in [0.717, 1.165) is 22.8 Å². The van der Waals surface area contributed by atoms with Gasteiger partial charge in [0.05, 0.1) is 19.8 Å². The Balaban J connectivity index is 0.00000155. The maximum absolute atomic E-state index is 6.04. The Hall–Kier alpha value is -2.78. The van der Waals surface area contributed by atoms with Gasteiger partial charge in [-0.25, -0.2) is 0 Å². The molecule has 0 radical (unpaired) electrons. The molecule has 0 bridgehead atoms. The number of hydrogen-bond acceptors (Lipinski definition) is 3. The molecule has 3 heteroatoms. The van der Waals surface area contributed by atoms with Crippen LogP contribution in [0.3, 0.4) is 0 Å². The highest BCUT2D eigenvalue weighted by Gasteiger charge is 2.21. The van der Waals surface area contributed by atoms with Crippen molar-refractivity contribution >= 4 is 0 Å². The fraction of sp³-hybridized carbons (Fsp3) is 0.333. The smallest absolute Gasteiger partial charge is 0.127 e. The molecule has 0 atom stereocenters. The molecule has 3 aromatic carbocycles. The van der Waals surface area contributed by atoms with Gasteiger partial charge in [-0.15, -0.1) is 0 Å². The Bertz CT molecular complexity index is 855. The van der Waals surface area contributed by atoms with Gasteiger partial charge < -0.3 is 14.2 Å². The molecule has 0 fully saturated rings. The van der Waals surface area contributed by atoms with Crippen molar-refractivity contribution in [3.63, 3.8) is 0 Å². The Labute approximate surface area is 181 Å². The summed E-state index contributed by atoms with van der Waals surface area (Å²) < 4.78 is 17.5. The number of benzene rings is 3. The second kappa shape index (κ2) is 12.0. The van der Waals surface area contributed by atoms with E-state index in [1.807, 2.05) is 81.4 Å². The third-order valence-corrected chi connectivity index (χ3v) is 4.56. The van der Waals surface area contributed by atoms with E-state index in [4.69, 9.17) is 14.2 Å². The van der Waals surface area contributed by atoms with E-state index in [1.54, 1.807) is 0 Å². The van der Waals surface area contributed by atoms with E-state index in [9.17, 15) is 0 Å². The third-order valence-electron chi connectivity index (χ3n) is 4.56. The monoisotopic (exact) mass is 406 g/mol. The lowest BCUT2D eigenvalue weighted by Gasteiger charge is -2.25. The van der Waals surface area contributed by atoms with Crippen LogP contribution >= 0.6 is 0 Å². The quantitative estimate of drug-likeness (QED) is 0.370. The molecule has 0 aliphatic heterocycles. The second-order valence-corrected chi connectivity index (χ2v) is 7.40. The minimum absolute atomic E-state index is 0.0805. The summed E-state index contributed by atoms with van der Waals surface area (Å²) in [6, 6.07) is 26.1. The summed E-state index contributed by atoms with van der Waals surface area (Å²) in [4.78, 5) is 0. The zero-order valence-electron chi connectivity index (χ0n) is 18.9.